The van der Waals surface area contributed by atoms with Crippen LogP contribution in [0.25, 0.3) is 0 Å². The van der Waals surface area contributed by atoms with E-state index in [4.69, 9.17) is 28.3 Å². The van der Waals surface area contributed by atoms with Gasteiger partial charge in [-0.1, -0.05) is 37.0 Å². The van der Waals surface area contributed by atoms with Crippen molar-refractivity contribution in [3.05, 3.63) is 0 Å². The SMILES string of the molecule is CC(C)C(Cl)(Cl)P(=O)([O-])OCCCO. The fourth-order valence-corrected chi connectivity index (χ4v) is 2.12. The van der Waals surface area contributed by atoms with Gasteiger partial charge in [0.15, 0.2) is 11.7 Å². The van der Waals surface area contributed by atoms with Crippen LogP contribution in [0.2, 0.25) is 0 Å². The quantitative estimate of drug-likeness (QED) is 0.450. The van der Waals surface area contributed by atoms with Crippen molar-refractivity contribution in [3.63, 3.8) is 0 Å². The van der Waals surface area contributed by atoms with Gasteiger partial charge in [-0.05, 0) is 12.3 Å². The summed E-state index contributed by atoms with van der Waals surface area (Å²) >= 11 is 11.3. The molecule has 0 radical (unpaired) electrons. The summed E-state index contributed by atoms with van der Waals surface area (Å²) in [6.45, 7) is 2.92. The van der Waals surface area contributed by atoms with Crippen LogP contribution < -0.4 is 4.89 Å². The lowest BCUT2D eigenvalue weighted by Crippen LogP contribution is -2.29. The van der Waals surface area contributed by atoms with Crippen molar-refractivity contribution in [2.75, 3.05) is 13.2 Å². The predicted molar refractivity (Wildman–Crippen MR) is 54.5 cm³/mol. The van der Waals surface area contributed by atoms with Gasteiger partial charge in [-0.3, -0.25) is 0 Å². The Morgan fingerprint density at radius 3 is 2.43 bits per heavy atom. The average Bonchev–Trinajstić information content (AvgIpc) is 2.04. The second-order valence-corrected chi connectivity index (χ2v) is 7.02. The third-order valence-corrected chi connectivity index (χ3v) is 5.51. The van der Waals surface area contributed by atoms with Crippen LogP contribution in [0.1, 0.15) is 20.3 Å². The molecule has 1 unspecified atom stereocenters. The maximum atomic E-state index is 11.4. The van der Waals surface area contributed by atoms with E-state index in [-0.39, 0.29) is 19.6 Å². The first-order valence-electron chi connectivity index (χ1n) is 4.20. The van der Waals surface area contributed by atoms with Crippen molar-refractivity contribution in [1.82, 2.24) is 0 Å². The van der Waals surface area contributed by atoms with Gasteiger partial charge in [0.2, 0.25) is 0 Å². The smallest absolute Gasteiger partial charge is 0.183 e. The molecule has 14 heavy (non-hydrogen) atoms. The number of alkyl halides is 2. The molecule has 86 valence electrons. The van der Waals surface area contributed by atoms with Crippen LogP contribution in [-0.2, 0) is 9.09 Å². The average molecular weight is 264 g/mol. The highest BCUT2D eigenvalue weighted by atomic mass is 35.5. The molecule has 0 amide bonds. The fourth-order valence-electron chi connectivity index (χ4n) is 0.652. The Hall–Kier alpha value is 0.690. The summed E-state index contributed by atoms with van der Waals surface area (Å²) in [5.74, 6) is -0.469. The van der Waals surface area contributed by atoms with E-state index in [0.29, 0.717) is 0 Å². The van der Waals surface area contributed by atoms with Gasteiger partial charge in [0.05, 0.1) is 6.61 Å². The second kappa shape index (κ2) is 5.69. The zero-order valence-corrected chi connectivity index (χ0v) is 10.5. The van der Waals surface area contributed by atoms with E-state index >= 15 is 0 Å². The third kappa shape index (κ3) is 3.69. The lowest BCUT2D eigenvalue weighted by molar-refractivity contribution is -0.201. The molecule has 0 saturated heterocycles. The molecule has 0 aliphatic heterocycles. The minimum absolute atomic E-state index is 0.106. The minimum Gasteiger partial charge on any atom is -0.776 e. The van der Waals surface area contributed by atoms with Gasteiger partial charge in [-0.2, -0.15) is 0 Å². The van der Waals surface area contributed by atoms with Gasteiger partial charge in [-0.25, -0.2) is 0 Å². The normalized spacial score (nSPS) is 17.1. The minimum atomic E-state index is -4.31. The third-order valence-electron chi connectivity index (χ3n) is 1.62. The van der Waals surface area contributed by atoms with E-state index in [1.165, 1.54) is 0 Å². The van der Waals surface area contributed by atoms with Gasteiger partial charge in [0, 0.05) is 6.61 Å². The molecule has 0 bridgehead atoms. The maximum absolute atomic E-state index is 11.4. The lowest BCUT2D eigenvalue weighted by Gasteiger charge is -2.37. The molecule has 1 N–H and O–H groups in total. The molecule has 1 atom stereocenters. The summed E-state index contributed by atoms with van der Waals surface area (Å²) in [7, 11) is -4.31. The zero-order valence-electron chi connectivity index (χ0n) is 8.07. The molecule has 0 aliphatic carbocycles. The number of hydrogen-bond donors (Lipinski definition) is 1. The second-order valence-electron chi connectivity index (χ2n) is 3.15. The van der Waals surface area contributed by atoms with Gasteiger partial charge < -0.3 is 19.1 Å². The van der Waals surface area contributed by atoms with Gasteiger partial charge >= 0.3 is 0 Å². The van der Waals surface area contributed by atoms with E-state index in [0.717, 1.165) is 0 Å². The first kappa shape index (κ1) is 14.7. The molecule has 0 heterocycles. The topological polar surface area (TPSA) is 69.6 Å². The first-order valence-corrected chi connectivity index (χ1v) is 6.50. The summed E-state index contributed by atoms with van der Waals surface area (Å²) in [6.07, 6.45) is 0.230. The highest BCUT2D eigenvalue weighted by Crippen LogP contribution is 2.60. The highest BCUT2D eigenvalue weighted by Gasteiger charge is 2.41. The van der Waals surface area contributed by atoms with Gasteiger partial charge in [0.25, 0.3) is 0 Å². The summed E-state index contributed by atoms with van der Waals surface area (Å²) in [5.41, 5.74) is 0. The van der Waals surface area contributed by atoms with Gasteiger partial charge in [0.1, 0.15) is 0 Å². The molecule has 0 aliphatic rings. The summed E-state index contributed by atoms with van der Waals surface area (Å²) in [4.78, 5) is 11.4. The monoisotopic (exact) mass is 263 g/mol. The van der Waals surface area contributed by atoms with Gasteiger partial charge in [-0.15, -0.1) is 0 Å². The fraction of sp³-hybridized carbons (Fsp3) is 1.00. The Balaban J connectivity index is 4.37. The number of hydrogen-bond acceptors (Lipinski definition) is 4. The maximum Gasteiger partial charge on any atom is 0.183 e. The molecule has 0 aromatic heterocycles. The molecule has 0 aromatic rings. The molecule has 0 saturated carbocycles. The molecule has 0 spiro atoms. The van der Waals surface area contributed by atoms with E-state index in [1.54, 1.807) is 13.8 Å². The first-order chi connectivity index (χ1) is 6.25. The van der Waals surface area contributed by atoms with Crippen molar-refractivity contribution in [1.29, 1.82) is 0 Å². The Morgan fingerprint density at radius 1 is 1.57 bits per heavy atom. The standard InChI is InChI=1S/C7H15Cl2O4P/c1-6(2)7(8,9)14(11,12)13-5-3-4-10/h6,10H,3-5H2,1-2H3,(H,11,12)/p-1. The Morgan fingerprint density at radius 2 is 2.07 bits per heavy atom. The summed E-state index contributed by atoms with van der Waals surface area (Å²) < 4.78 is 14.1. The van der Waals surface area contributed by atoms with E-state index < -0.39 is 17.6 Å². The van der Waals surface area contributed by atoms with Crippen molar-refractivity contribution in [2.45, 2.75) is 24.3 Å². The van der Waals surface area contributed by atoms with E-state index in [9.17, 15) is 9.46 Å². The Bertz CT molecular complexity index is 220. The van der Waals surface area contributed by atoms with Crippen molar-refractivity contribution >= 4 is 30.8 Å². The zero-order chi connectivity index (χ0) is 11.4. The molecule has 0 rings (SSSR count). The molecular weight excluding hydrogens is 250 g/mol. The van der Waals surface area contributed by atoms with Crippen molar-refractivity contribution in [3.8, 4) is 0 Å². The van der Waals surface area contributed by atoms with Crippen molar-refractivity contribution in [2.24, 2.45) is 5.92 Å². The van der Waals surface area contributed by atoms with Crippen molar-refractivity contribution < 1.29 is 19.1 Å². The molecule has 0 fully saturated rings. The molecule has 7 heteroatoms. The molecule has 4 nitrogen and oxygen atoms in total. The van der Waals surface area contributed by atoms with E-state index in [2.05, 4.69) is 4.52 Å². The van der Waals surface area contributed by atoms with Crippen LogP contribution in [-0.4, -0.2) is 22.4 Å². The molecule has 0 aromatic carbocycles. The Kier molecular flexibility index (Phi) is 5.97. The van der Waals surface area contributed by atoms with Crippen LogP contribution in [0.3, 0.4) is 0 Å². The summed E-state index contributed by atoms with van der Waals surface area (Å²) in [5, 5.41) is 8.44. The number of aliphatic hydroxyl groups excluding tert-OH is 1. The number of aliphatic hydroxyl groups is 1. The van der Waals surface area contributed by atoms with Crippen LogP contribution in [0.15, 0.2) is 0 Å². The molecular formula is C7H14Cl2O4P-. The van der Waals surface area contributed by atoms with Crippen LogP contribution in [0.4, 0.5) is 0 Å². The lowest BCUT2D eigenvalue weighted by atomic mass is 10.3. The van der Waals surface area contributed by atoms with Crippen LogP contribution in [0.5, 0.6) is 0 Å². The van der Waals surface area contributed by atoms with Crippen LogP contribution in [0, 0.1) is 5.92 Å². The van der Waals surface area contributed by atoms with E-state index in [1.807, 2.05) is 0 Å². The highest BCUT2D eigenvalue weighted by molar-refractivity contribution is 7.57. The number of halogens is 2. The Labute approximate surface area is 93.7 Å². The van der Waals surface area contributed by atoms with Crippen LogP contribution >= 0.6 is 30.8 Å². The predicted octanol–water partition coefficient (Wildman–Crippen LogP) is 1.73. The largest absolute Gasteiger partial charge is 0.776 e. The summed E-state index contributed by atoms with van der Waals surface area (Å²) in [6, 6.07) is 0. The number of rotatable bonds is 6.